The molecule has 0 heterocycles. The molecule has 0 aromatic heterocycles. The van der Waals surface area contributed by atoms with Gasteiger partial charge in [0.05, 0.1) is 0 Å². The normalized spacial score (nSPS) is 13.2. The Morgan fingerprint density at radius 3 is 2.11 bits per heavy atom. The summed E-state index contributed by atoms with van der Waals surface area (Å²) in [5, 5.41) is 3.59. The summed E-state index contributed by atoms with van der Waals surface area (Å²) in [5.74, 6) is 0.564. The van der Waals surface area contributed by atoms with Gasteiger partial charge < -0.3 is 5.32 Å². The standard InChI is InChI=1S/C18H29N/c1-13(2)16(12-19-18(5,6)7)11-17-14(3)9-8-10-15(17)4/h8-11,13,19H,12H2,1-7H3/b16-11+. The van der Waals surface area contributed by atoms with Crippen LogP contribution >= 0.6 is 0 Å². The van der Waals surface area contributed by atoms with Crippen molar-refractivity contribution in [3.8, 4) is 0 Å². The molecule has 1 aromatic rings. The van der Waals surface area contributed by atoms with Crippen LogP contribution in [0.3, 0.4) is 0 Å². The maximum absolute atomic E-state index is 3.59. The molecule has 0 atom stereocenters. The number of benzene rings is 1. The molecule has 0 fully saturated rings. The van der Waals surface area contributed by atoms with Gasteiger partial charge in [0, 0.05) is 12.1 Å². The van der Waals surface area contributed by atoms with E-state index in [0.717, 1.165) is 6.54 Å². The van der Waals surface area contributed by atoms with Gasteiger partial charge in [-0.15, -0.1) is 0 Å². The van der Waals surface area contributed by atoms with E-state index in [2.05, 4.69) is 78.1 Å². The number of aryl methyl sites for hydroxylation is 2. The highest BCUT2D eigenvalue weighted by Gasteiger charge is 2.12. The first-order valence-corrected chi connectivity index (χ1v) is 7.22. The summed E-state index contributed by atoms with van der Waals surface area (Å²) in [6, 6.07) is 6.51. The van der Waals surface area contributed by atoms with E-state index in [1.54, 1.807) is 0 Å². The molecule has 0 spiro atoms. The van der Waals surface area contributed by atoms with Gasteiger partial charge in [-0.3, -0.25) is 0 Å². The summed E-state index contributed by atoms with van der Waals surface area (Å²) in [5.41, 5.74) is 5.71. The van der Waals surface area contributed by atoms with E-state index in [0.29, 0.717) is 5.92 Å². The minimum absolute atomic E-state index is 0.161. The Kier molecular flexibility index (Phi) is 5.37. The van der Waals surface area contributed by atoms with Crippen LogP contribution in [0, 0.1) is 19.8 Å². The summed E-state index contributed by atoms with van der Waals surface area (Å²) in [6.07, 6.45) is 2.37. The minimum atomic E-state index is 0.161. The van der Waals surface area contributed by atoms with Gasteiger partial charge in [-0.2, -0.15) is 0 Å². The van der Waals surface area contributed by atoms with Crippen LogP contribution in [0.5, 0.6) is 0 Å². The summed E-state index contributed by atoms with van der Waals surface area (Å²) >= 11 is 0. The highest BCUT2D eigenvalue weighted by Crippen LogP contribution is 2.20. The van der Waals surface area contributed by atoms with E-state index < -0.39 is 0 Å². The molecule has 0 saturated carbocycles. The topological polar surface area (TPSA) is 12.0 Å². The molecule has 0 aliphatic heterocycles. The highest BCUT2D eigenvalue weighted by atomic mass is 14.9. The number of nitrogens with one attached hydrogen (secondary N) is 1. The third-order valence-electron chi connectivity index (χ3n) is 3.44. The summed E-state index contributed by atoms with van der Waals surface area (Å²) in [6.45, 7) is 16.5. The van der Waals surface area contributed by atoms with Crippen molar-refractivity contribution in [1.29, 1.82) is 0 Å². The summed E-state index contributed by atoms with van der Waals surface area (Å²) in [7, 11) is 0. The molecule has 0 aliphatic carbocycles. The number of hydrogen-bond donors (Lipinski definition) is 1. The van der Waals surface area contributed by atoms with Gasteiger partial charge in [-0.05, 0) is 57.2 Å². The Morgan fingerprint density at radius 1 is 1.16 bits per heavy atom. The molecule has 1 heteroatoms. The van der Waals surface area contributed by atoms with Crippen molar-refractivity contribution in [3.63, 3.8) is 0 Å². The first kappa shape index (κ1) is 16.0. The average molecular weight is 259 g/mol. The largest absolute Gasteiger partial charge is 0.308 e. The second-order valence-corrected chi connectivity index (χ2v) is 6.78. The van der Waals surface area contributed by atoms with Gasteiger partial charge in [0.2, 0.25) is 0 Å². The van der Waals surface area contributed by atoms with E-state index in [1.807, 2.05) is 0 Å². The molecule has 1 aromatic carbocycles. The predicted molar refractivity (Wildman–Crippen MR) is 86.5 cm³/mol. The van der Waals surface area contributed by atoms with Gasteiger partial charge in [0.1, 0.15) is 0 Å². The zero-order chi connectivity index (χ0) is 14.6. The Morgan fingerprint density at radius 2 is 1.68 bits per heavy atom. The molecule has 0 saturated heterocycles. The third-order valence-corrected chi connectivity index (χ3v) is 3.44. The van der Waals surface area contributed by atoms with Crippen LogP contribution in [0.4, 0.5) is 0 Å². The van der Waals surface area contributed by atoms with Crippen LogP contribution in [-0.4, -0.2) is 12.1 Å². The smallest absolute Gasteiger partial charge is 0.0175 e. The average Bonchev–Trinajstić information content (AvgIpc) is 2.25. The first-order valence-electron chi connectivity index (χ1n) is 7.22. The SMILES string of the molecule is Cc1cccc(C)c1/C=C(\CNC(C)(C)C)C(C)C. The zero-order valence-electron chi connectivity index (χ0n) is 13.6. The predicted octanol–water partition coefficient (Wildman–Crippen LogP) is 4.73. The first-order chi connectivity index (χ1) is 8.70. The van der Waals surface area contributed by atoms with Gasteiger partial charge in [0.25, 0.3) is 0 Å². The quantitative estimate of drug-likeness (QED) is 0.824. The minimum Gasteiger partial charge on any atom is -0.308 e. The van der Waals surface area contributed by atoms with Crippen molar-refractivity contribution in [2.24, 2.45) is 5.92 Å². The fraction of sp³-hybridized carbons (Fsp3) is 0.556. The second kappa shape index (κ2) is 6.38. The molecular formula is C18H29N. The molecule has 0 radical (unpaired) electrons. The van der Waals surface area contributed by atoms with Crippen LogP contribution < -0.4 is 5.32 Å². The molecule has 0 bridgehead atoms. The lowest BCUT2D eigenvalue weighted by molar-refractivity contribution is 0.437. The van der Waals surface area contributed by atoms with E-state index >= 15 is 0 Å². The Bertz CT molecular complexity index is 427. The second-order valence-electron chi connectivity index (χ2n) is 6.78. The highest BCUT2D eigenvalue weighted by molar-refractivity contribution is 5.60. The van der Waals surface area contributed by atoms with Gasteiger partial charge in [-0.25, -0.2) is 0 Å². The molecule has 19 heavy (non-hydrogen) atoms. The van der Waals surface area contributed by atoms with Crippen LogP contribution in [0.15, 0.2) is 23.8 Å². The summed E-state index contributed by atoms with van der Waals surface area (Å²) in [4.78, 5) is 0. The maximum atomic E-state index is 3.59. The molecule has 0 aliphatic rings. The maximum Gasteiger partial charge on any atom is 0.0175 e. The lowest BCUT2D eigenvalue weighted by atomic mass is 9.95. The molecule has 1 rings (SSSR count). The van der Waals surface area contributed by atoms with Crippen molar-refractivity contribution >= 4 is 6.08 Å². The van der Waals surface area contributed by atoms with Crippen LogP contribution in [0.25, 0.3) is 6.08 Å². The zero-order valence-corrected chi connectivity index (χ0v) is 13.6. The van der Waals surface area contributed by atoms with Gasteiger partial charge in [0.15, 0.2) is 0 Å². The lowest BCUT2D eigenvalue weighted by Gasteiger charge is -2.23. The Labute approximate surface area is 119 Å². The summed E-state index contributed by atoms with van der Waals surface area (Å²) < 4.78 is 0. The van der Waals surface area contributed by atoms with Crippen molar-refractivity contribution in [1.82, 2.24) is 5.32 Å². The molecule has 106 valence electrons. The molecule has 0 unspecified atom stereocenters. The fourth-order valence-corrected chi connectivity index (χ4v) is 2.03. The number of hydrogen-bond acceptors (Lipinski definition) is 1. The molecular weight excluding hydrogens is 230 g/mol. The van der Waals surface area contributed by atoms with Gasteiger partial charge in [-0.1, -0.05) is 43.7 Å². The Balaban J connectivity index is 3.02. The van der Waals surface area contributed by atoms with Crippen LogP contribution in [0.2, 0.25) is 0 Å². The van der Waals surface area contributed by atoms with E-state index in [9.17, 15) is 0 Å². The van der Waals surface area contributed by atoms with Gasteiger partial charge >= 0.3 is 0 Å². The van der Waals surface area contributed by atoms with Crippen molar-refractivity contribution in [2.45, 2.75) is 54.0 Å². The molecule has 0 amide bonds. The monoisotopic (exact) mass is 259 g/mol. The van der Waals surface area contributed by atoms with Crippen molar-refractivity contribution < 1.29 is 0 Å². The van der Waals surface area contributed by atoms with Crippen LogP contribution in [0.1, 0.15) is 51.3 Å². The lowest BCUT2D eigenvalue weighted by Crippen LogP contribution is -2.37. The van der Waals surface area contributed by atoms with E-state index in [1.165, 1.54) is 22.3 Å². The fourth-order valence-electron chi connectivity index (χ4n) is 2.03. The van der Waals surface area contributed by atoms with Crippen molar-refractivity contribution in [2.75, 3.05) is 6.54 Å². The molecule has 1 nitrogen and oxygen atoms in total. The van der Waals surface area contributed by atoms with E-state index in [-0.39, 0.29) is 5.54 Å². The van der Waals surface area contributed by atoms with Crippen molar-refractivity contribution in [3.05, 3.63) is 40.5 Å². The molecule has 1 N–H and O–H groups in total. The Hall–Kier alpha value is -1.08. The number of rotatable bonds is 4. The van der Waals surface area contributed by atoms with Crippen LogP contribution in [-0.2, 0) is 0 Å². The third kappa shape index (κ3) is 5.20. The van der Waals surface area contributed by atoms with E-state index in [4.69, 9.17) is 0 Å².